The molecule has 20 heavy (non-hydrogen) atoms. The second kappa shape index (κ2) is 5.45. The Morgan fingerprint density at radius 2 is 2.05 bits per heavy atom. The van der Waals surface area contributed by atoms with E-state index in [1.54, 1.807) is 25.4 Å². The van der Waals surface area contributed by atoms with E-state index < -0.39 is 0 Å². The molecule has 0 saturated heterocycles. The molecule has 2 aromatic rings. The van der Waals surface area contributed by atoms with Crippen LogP contribution in [0.25, 0.3) is 5.69 Å². The number of pyridine rings is 1. The van der Waals surface area contributed by atoms with Crippen molar-refractivity contribution in [2.45, 2.75) is 38.6 Å². The van der Waals surface area contributed by atoms with Gasteiger partial charge in [-0.25, -0.2) is 4.98 Å². The average Bonchev–Trinajstić information content (AvgIpc) is 2.96. The first-order valence-electron chi connectivity index (χ1n) is 7.02. The fourth-order valence-electron chi connectivity index (χ4n) is 2.56. The van der Waals surface area contributed by atoms with Crippen LogP contribution in [0.15, 0.2) is 35.4 Å². The molecule has 5 heteroatoms. The lowest BCUT2D eigenvalue weighted by Gasteiger charge is -2.12. The highest BCUT2D eigenvalue weighted by atomic mass is 16.1. The van der Waals surface area contributed by atoms with Crippen LogP contribution in [-0.4, -0.2) is 20.8 Å². The number of aryl methyl sites for hydroxylation is 1. The molecule has 2 heterocycles. The van der Waals surface area contributed by atoms with E-state index in [-0.39, 0.29) is 5.56 Å². The van der Waals surface area contributed by atoms with Crippen LogP contribution in [0.2, 0.25) is 0 Å². The van der Waals surface area contributed by atoms with Crippen molar-refractivity contribution in [3.63, 3.8) is 0 Å². The first kappa shape index (κ1) is 12.8. The molecule has 1 fully saturated rings. The SMILES string of the molecule is Cc1ccnn(-c2ccc(NC3CCCC3)nc2)c1=O. The third-order valence-electron chi connectivity index (χ3n) is 3.74. The maximum Gasteiger partial charge on any atom is 0.274 e. The molecule has 1 saturated carbocycles. The molecule has 5 nitrogen and oxygen atoms in total. The van der Waals surface area contributed by atoms with E-state index in [0.29, 0.717) is 17.3 Å². The molecule has 104 valence electrons. The number of hydrogen-bond acceptors (Lipinski definition) is 4. The van der Waals surface area contributed by atoms with E-state index in [4.69, 9.17) is 0 Å². The standard InChI is InChI=1S/C15H18N4O/c1-11-8-9-17-19(15(11)20)13-6-7-14(16-10-13)18-12-4-2-3-5-12/h6-10,12H,2-5H2,1H3,(H,16,18). The molecule has 1 N–H and O–H groups in total. The normalized spacial score (nSPS) is 15.4. The smallest absolute Gasteiger partial charge is 0.274 e. The zero-order valence-electron chi connectivity index (χ0n) is 11.5. The van der Waals surface area contributed by atoms with Gasteiger partial charge >= 0.3 is 0 Å². The third kappa shape index (κ3) is 2.57. The Labute approximate surface area is 117 Å². The lowest BCUT2D eigenvalue weighted by atomic mass is 10.2. The molecule has 0 aromatic carbocycles. The van der Waals surface area contributed by atoms with Gasteiger partial charge in [0.25, 0.3) is 5.56 Å². The van der Waals surface area contributed by atoms with Gasteiger partial charge in [-0.05, 0) is 38.0 Å². The van der Waals surface area contributed by atoms with E-state index in [9.17, 15) is 4.79 Å². The Hall–Kier alpha value is -2.17. The summed E-state index contributed by atoms with van der Waals surface area (Å²) in [5, 5.41) is 7.51. The molecule has 0 atom stereocenters. The number of hydrogen-bond donors (Lipinski definition) is 1. The summed E-state index contributed by atoms with van der Waals surface area (Å²) in [6.45, 7) is 1.78. The molecule has 0 spiro atoms. The van der Waals surface area contributed by atoms with E-state index in [0.717, 1.165) is 5.82 Å². The van der Waals surface area contributed by atoms with Crippen molar-refractivity contribution in [1.82, 2.24) is 14.8 Å². The van der Waals surface area contributed by atoms with E-state index >= 15 is 0 Å². The summed E-state index contributed by atoms with van der Waals surface area (Å²) in [4.78, 5) is 16.4. The number of aromatic nitrogens is 3. The molecule has 0 unspecified atom stereocenters. The summed E-state index contributed by atoms with van der Waals surface area (Å²) >= 11 is 0. The molecule has 0 bridgehead atoms. The molecule has 0 amide bonds. The first-order valence-corrected chi connectivity index (χ1v) is 7.02. The minimum absolute atomic E-state index is 0.106. The number of anilines is 1. The zero-order valence-corrected chi connectivity index (χ0v) is 11.5. The Kier molecular flexibility index (Phi) is 3.50. The number of rotatable bonds is 3. The van der Waals surface area contributed by atoms with Crippen molar-refractivity contribution in [1.29, 1.82) is 0 Å². The molecule has 1 aliphatic rings. The zero-order chi connectivity index (χ0) is 13.9. The van der Waals surface area contributed by atoms with Gasteiger partial charge in [0.2, 0.25) is 0 Å². The minimum Gasteiger partial charge on any atom is -0.367 e. The van der Waals surface area contributed by atoms with Crippen LogP contribution in [0.3, 0.4) is 0 Å². The van der Waals surface area contributed by atoms with E-state index in [1.165, 1.54) is 30.4 Å². The van der Waals surface area contributed by atoms with Crippen molar-refractivity contribution < 1.29 is 0 Å². The Morgan fingerprint density at radius 3 is 2.75 bits per heavy atom. The summed E-state index contributed by atoms with van der Waals surface area (Å²) in [5.41, 5.74) is 1.26. The predicted molar refractivity (Wildman–Crippen MR) is 78.2 cm³/mol. The quantitative estimate of drug-likeness (QED) is 0.929. The Bertz CT molecular complexity index is 642. The molecular formula is C15H18N4O. The second-order valence-electron chi connectivity index (χ2n) is 5.26. The van der Waals surface area contributed by atoms with Gasteiger partial charge in [0.15, 0.2) is 0 Å². The molecule has 0 radical (unpaired) electrons. The molecule has 3 rings (SSSR count). The van der Waals surface area contributed by atoms with Crippen LogP contribution in [-0.2, 0) is 0 Å². The van der Waals surface area contributed by atoms with E-state index in [2.05, 4.69) is 15.4 Å². The van der Waals surface area contributed by atoms with Crippen molar-refractivity contribution in [2.24, 2.45) is 0 Å². The van der Waals surface area contributed by atoms with Gasteiger partial charge in [0.05, 0.1) is 11.9 Å². The van der Waals surface area contributed by atoms with Crippen LogP contribution in [0.1, 0.15) is 31.2 Å². The molecule has 0 aliphatic heterocycles. The summed E-state index contributed by atoms with van der Waals surface area (Å²) in [6, 6.07) is 6.03. The van der Waals surface area contributed by atoms with Gasteiger partial charge in [-0.15, -0.1) is 0 Å². The number of nitrogens with zero attached hydrogens (tertiary/aromatic N) is 3. The van der Waals surface area contributed by atoms with Crippen molar-refractivity contribution >= 4 is 5.82 Å². The Balaban J connectivity index is 1.82. The minimum atomic E-state index is -0.106. The highest BCUT2D eigenvalue weighted by Gasteiger charge is 2.14. The number of nitrogens with one attached hydrogen (secondary N) is 1. The van der Waals surface area contributed by atoms with Gasteiger partial charge in [-0.3, -0.25) is 4.79 Å². The lowest BCUT2D eigenvalue weighted by Crippen LogP contribution is -2.22. The predicted octanol–water partition coefficient (Wildman–Crippen LogP) is 2.29. The van der Waals surface area contributed by atoms with E-state index in [1.807, 2.05) is 12.1 Å². The highest BCUT2D eigenvalue weighted by Crippen LogP contribution is 2.21. The maximum absolute atomic E-state index is 12.0. The second-order valence-corrected chi connectivity index (χ2v) is 5.26. The largest absolute Gasteiger partial charge is 0.367 e. The van der Waals surface area contributed by atoms with Gasteiger partial charge in [-0.1, -0.05) is 12.8 Å². The maximum atomic E-state index is 12.0. The Morgan fingerprint density at radius 1 is 1.25 bits per heavy atom. The highest BCUT2D eigenvalue weighted by molar-refractivity contribution is 5.41. The van der Waals surface area contributed by atoms with Gasteiger partial charge in [0.1, 0.15) is 5.82 Å². The van der Waals surface area contributed by atoms with Gasteiger partial charge in [-0.2, -0.15) is 9.78 Å². The van der Waals surface area contributed by atoms with Crippen LogP contribution in [0.5, 0.6) is 0 Å². The summed E-state index contributed by atoms with van der Waals surface area (Å²) in [6.07, 6.45) is 8.31. The van der Waals surface area contributed by atoms with Crippen molar-refractivity contribution in [2.75, 3.05) is 5.32 Å². The monoisotopic (exact) mass is 270 g/mol. The van der Waals surface area contributed by atoms with Crippen LogP contribution < -0.4 is 10.9 Å². The third-order valence-corrected chi connectivity index (χ3v) is 3.74. The summed E-state index contributed by atoms with van der Waals surface area (Å²) in [7, 11) is 0. The fourth-order valence-corrected chi connectivity index (χ4v) is 2.56. The van der Waals surface area contributed by atoms with Crippen LogP contribution in [0.4, 0.5) is 5.82 Å². The summed E-state index contributed by atoms with van der Waals surface area (Å²) in [5.74, 6) is 0.862. The molecule has 2 aromatic heterocycles. The molecular weight excluding hydrogens is 252 g/mol. The summed E-state index contributed by atoms with van der Waals surface area (Å²) < 4.78 is 1.38. The van der Waals surface area contributed by atoms with Gasteiger partial charge < -0.3 is 5.32 Å². The molecule has 1 aliphatic carbocycles. The van der Waals surface area contributed by atoms with Crippen LogP contribution in [0, 0.1) is 6.92 Å². The van der Waals surface area contributed by atoms with Crippen molar-refractivity contribution in [3.8, 4) is 5.69 Å². The first-order chi connectivity index (χ1) is 9.74. The fraction of sp³-hybridized carbons (Fsp3) is 0.400. The van der Waals surface area contributed by atoms with Crippen LogP contribution >= 0.6 is 0 Å². The topological polar surface area (TPSA) is 59.8 Å². The van der Waals surface area contributed by atoms with Gasteiger partial charge in [0, 0.05) is 17.8 Å². The van der Waals surface area contributed by atoms with Crippen molar-refractivity contribution in [3.05, 3.63) is 46.5 Å². The average molecular weight is 270 g/mol. The lowest BCUT2D eigenvalue weighted by molar-refractivity contribution is 0.748.